The quantitative estimate of drug-likeness (QED) is 0.568. The van der Waals surface area contributed by atoms with Crippen molar-refractivity contribution in [2.24, 2.45) is 0 Å². The molecule has 4 aromatic rings. The highest BCUT2D eigenvalue weighted by Gasteiger charge is 2.10. The summed E-state index contributed by atoms with van der Waals surface area (Å²) in [5.74, 6) is 0.775. The zero-order chi connectivity index (χ0) is 18.8. The Hall–Kier alpha value is -3.32. The molecule has 0 bridgehead atoms. The van der Waals surface area contributed by atoms with E-state index in [0.717, 1.165) is 39.9 Å². The van der Waals surface area contributed by atoms with Gasteiger partial charge in [-0.1, -0.05) is 6.07 Å². The normalized spacial score (nSPS) is 12.3. The summed E-state index contributed by atoms with van der Waals surface area (Å²) in [6.07, 6.45) is 3.50. The predicted octanol–water partition coefficient (Wildman–Crippen LogP) is 3.16. The number of nitrogens with zero attached hydrogens (tertiary/aromatic N) is 5. The van der Waals surface area contributed by atoms with Gasteiger partial charge >= 0.3 is 0 Å². The molecule has 0 radical (unpaired) electrons. The summed E-state index contributed by atoms with van der Waals surface area (Å²) in [6, 6.07) is 13.5. The first kappa shape index (κ1) is 17.1. The first-order chi connectivity index (χ1) is 13.1. The molecule has 0 aliphatic carbocycles. The van der Waals surface area contributed by atoms with Crippen LogP contribution in [0.15, 0.2) is 54.9 Å². The van der Waals surface area contributed by atoms with Crippen molar-refractivity contribution in [3.8, 4) is 11.4 Å². The van der Waals surface area contributed by atoms with Gasteiger partial charge < -0.3 is 10.4 Å². The van der Waals surface area contributed by atoms with Crippen LogP contribution in [-0.2, 0) is 6.42 Å². The SMILES string of the molecule is Cc1cccc(-c2cc(Nc3ccnc(CC(C)O)c3)n3nccc3n2)n1. The van der Waals surface area contributed by atoms with Crippen LogP contribution in [0.4, 0.5) is 11.5 Å². The Morgan fingerprint density at radius 1 is 1.07 bits per heavy atom. The minimum atomic E-state index is -0.439. The second kappa shape index (κ2) is 7.13. The van der Waals surface area contributed by atoms with Crippen LogP contribution in [0.3, 0.4) is 0 Å². The number of fused-ring (bicyclic) bond motifs is 1. The number of nitrogens with one attached hydrogen (secondary N) is 1. The number of aromatic nitrogens is 5. The van der Waals surface area contributed by atoms with Gasteiger partial charge in [-0.25, -0.2) is 4.98 Å². The van der Waals surface area contributed by atoms with Crippen molar-refractivity contribution in [2.45, 2.75) is 26.4 Å². The summed E-state index contributed by atoms with van der Waals surface area (Å²) in [6.45, 7) is 3.71. The fourth-order valence-corrected chi connectivity index (χ4v) is 2.94. The second-order valence-electron chi connectivity index (χ2n) is 6.51. The van der Waals surface area contributed by atoms with Gasteiger partial charge in [-0.3, -0.25) is 9.97 Å². The molecule has 0 saturated heterocycles. The molecule has 4 heterocycles. The molecular weight excluding hydrogens is 340 g/mol. The summed E-state index contributed by atoms with van der Waals surface area (Å²) in [7, 11) is 0. The monoisotopic (exact) mass is 360 g/mol. The lowest BCUT2D eigenvalue weighted by molar-refractivity contribution is 0.194. The molecule has 0 saturated carbocycles. The van der Waals surface area contributed by atoms with Crippen molar-refractivity contribution in [1.29, 1.82) is 0 Å². The highest BCUT2D eigenvalue weighted by Crippen LogP contribution is 2.24. The Bertz CT molecular complexity index is 1090. The standard InChI is InChI=1S/C20H20N6O/c1-13-4-3-5-17(23-13)18-12-20(26-19(25-18)7-9-22-26)24-15-6-8-21-16(11-15)10-14(2)27/h3-9,11-12,14,27H,10H2,1-2H3,(H,21,24). The Morgan fingerprint density at radius 2 is 1.96 bits per heavy atom. The topological polar surface area (TPSA) is 88.2 Å². The lowest BCUT2D eigenvalue weighted by Gasteiger charge is -2.12. The third kappa shape index (κ3) is 3.78. The number of hydrogen-bond acceptors (Lipinski definition) is 6. The molecule has 0 fully saturated rings. The van der Waals surface area contributed by atoms with Crippen LogP contribution in [0.25, 0.3) is 17.0 Å². The molecule has 4 aromatic heterocycles. The van der Waals surface area contributed by atoms with Gasteiger partial charge in [0, 0.05) is 41.8 Å². The summed E-state index contributed by atoms with van der Waals surface area (Å²) >= 11 is 0. The van der Waals surface area contributed by atoms with Crippen molar-refractivity contribution >= 4 is 17.2 Å². The van der Waals surface area contributed by atoms with Gasteiger partial charge in [0.25, 0.3) is 0 Å². The maximum absolute atomic E-state index is 9.60. The zero-order valence-corrected chi connectivity index (χ0v) is 15.2. The van der Waals surface area contributed by atoms with Gasteiger partial charge in [0.15, 0.2) is 5.65 Å². The molecule has 2 N–H and O–H groups in total. The van der Waals surface area contributed by atoms with Gasteiger partial charge in [-0.15, -0.1) is 0 Å². The number of hydrogen-bond donors (Lipinski definition) is 2. The van der Waals surface area contributed by atoms with Crippen molar-refractivity contribution in [3.63, 3.8) is 0 Å². The zero-order valence-electron chi connectivity index (χ0n) is 15.2. The molecule has 0 aromatic carbocycles. The lowest BCUT2D eigenvalue weighted by Crippen LogP contribution is -2.07. The summed E-state index contributed by atoms with van der Waals surface area (Å²) < 4.78 is 1.74. The van der Waals surface area contributed by atoms with Crippen LogP contribution < -0.4 is 5.32 Å². The van der Waals surface area contributed by atoms with Crippen molar-refractivity contribution in [2.75, 3.05) is 5.32 Å². The predicted molar refractivity (Wildman–Crippen MR) is 104 cm³/mol. The molecule has 0 aliphatic rings. The van der Waals surface area contributed by atoms with Crippen LogP contribution in [0.1, 0.15) is 18.3 Å². The van der Waals surface area contributed by atoms with E-state index in [1.54, 1.807) is 23.8 Å². The van der Waals surface area contributed by atoms with Crippen LogP contribution in [0.5, 0.6) is 0 Å². The van der Waals surface area contributed by atoms with Crippen molar-refractivity contribution < 1.29 is 5.11 Å². The third-order valence-electron chi connectivity index (χ3n) is 4.10. The molecule has 1 atom stereocenters. The maximum Gasteiger partial charge on any atom is 0.158 e. The molecule has 0 amide bonds. The average molecular weight is 360 g/mol. The highest BCUT2D eigenvalue weighted by molar-refractivity contribution is 5.67. The van der Waals surface area contributed by atoms with Crippen LogP contribution >= 0.6 is 0 Å². The minimum Gasteiger partial charge on any atom is -0.393 e. The summed E-state index contributed by atoms with van der Waals surface area (Å²) in [5, 5.41) is 17.3. The Morgan fingerprint density at radius 3 is 2.78 bits per heavy atom. The minimum absolute atomic E-state index is 0.439. The fraction of sp³-hybridized carbons (Fsp3) is 0.200. The van der Waals surface area contributed by atoms with E-state index in [-0.39, 0.29) is 0 Å². The molecule has 27 heavy (non-hydrogen) atoms. The largest absolute Gasteiger partial charge is 0.393 e. The molecule has 7 heteroatoms. The Labute approximate surface area is 156 Å². The smallest absolute Gasteiger partial charge is 0.158 e. The van der Waals surface area contributed by atoms with E-state index in [9.17, 15) is 5.11 Å². The average Bonchev–Trinajstić information content (AvgIpc) is 3.10. The van der Waals surface area contributed by atoms with Crippen LogP contribution in [0.2, 0.25) is 0 Å². The summed E-state index contributed by atoms with van der Waals surface area (Å²) in [4.78, 5) is 13.5. The molecule has 4 rings (SSSR count). The lowest BCUT2D eigenvalue weighted by atomic mass is 10.2. The van der Waals surface area contributed by atoms with Crippen LogP contribution in [-0.4, -0.2) is 35.8 Å². The first-order valence-corrected chi connectivity index (χ1v) is 8.77. The maximum atomic E-state index is 9.60. The number of rotatable bonds is 5. The van der Waals surface area contributed by atoms with E-state index >= 15 is 0 Å². The summed E-state index contributed by atoms with van der Waals surface area (Å²) in [5.41, 5.74) is 4.94. The molecular formula is C20H20N6O. The Kier molecular flexibility index (Phi) is 4.52. The number of aryl methyl sites for hydroxylation is 1. The fourth-order valence-electron chi connectivity index (χ4n) is 2.94. The van der Waals surface area contributed by atoms with Gasteiger partial charge in [-0.05, 0) is 38.1 Å². The second-order valence-corrected chi connectivity index (χ2v) is 6.51. The van der Waals surface area contributed by atoms with E-state index in [1.165, 1.54) is 0 Å². The third-order valence-corrected chi connectivity index (χ3v) is 4.10. The molecule has 0 aliphatic heterocycles. The van der Waals surface area contributed by atoms with Crippen molar-refractivity contribution in [1.82, 2.24) is 24.6 Å². The number of pyridine rings is 2. The van der Waals surface area contributed by atoms with E-state index in [0.29, 0.717) is 6.42 Å². The van der Waals surface area contributed by atoms with Gasteiger partial charge in [0.05, 0.1) is 23.7 Å². The number of aliphatic hydroxyl groups excluding tert-OH is 1. The van der Waals surface area contributed by atoms with Gasteiger partial charge in [-0.2, -0.15) is 9.61 Å². The van der Waals surface area contributed by atoms with Gasteiger partial charge in [0.2, 0.25) is 0 Å². The molecule has 7 nitrogen and oxygen atoms in total. The van der Waals surface area contributed by atoms with E-state index in [2.05, 4.69) is 25.4 Å². The highest BCUT2D eigenvalue weighted by atomic mass is 16.3. The van der Waals surface area contributed by atoms with E-state index in [1.807, 2.05) is 49.4 Å². The molecule has 0 spiro atoms. The first-order valence-electron chi connectivity index (χ1n) is 8.77. The van der Waals surface area contributed by atoms with Crippen molar-refractivity contribution in [3.05, 3.63) is 66.2 Å². The molecule has 1 unspecified atom stereocenters. The van der Waals surface area contributed by atoms with Gasteiger partial charge in [0.1, 0.15) is 5.82 Å². The van der Waals surface area contributed by atoms with E-state index in [4.69, 9.17) is 0 Å². The molecule has 136 valence electrons. The van der Waals surface area contributed by atoms with Crippen LogP contribution in [0, 0.1) is 6.92 Å². The number of anilines is 2. The van der Waals surface area contributed by atoms with E-state index < -0.39 is 6.10 Å². The Balaban J connectivity index is 1.74. The number of aliphatic hydroxyl groups is 1.